The number of ether oxygens (including phenoxy) is 2. The maximum Gasteiger partial charge on any atom is 0.261 e. The first-order valence-electron chi connectivity index (χ1n) is 11.9. The smallest absolute Gasteiger partial charge is 0.261 e. The Bertz CT molecular complexity index is 907. The van der Waals surface area contributed by atoms with Crippen molar-refractivity contribution in [1.82, 2.24) is 10.2 Å². The van der Waals surface area contributed by atoms with Gasteiger partial charge < -0.3 is 19.7 Å². The van der Waals surface area contributed by atoms with Gasteiger partial charge in [0.15, 0.2) is 18.1 Å². The third-order valence-corrected chi connectivity index (χ3v) is 6.23. The number of carbonyl (C=O) groups excluding carboxylic acids is 2. The van der Waals surface area contributed by atoms with Gasteiger partial charge in [0.2, 0.25) is 5.91 Å². The summed E-state index contributed by atoms with van der Waals surface area (Å²) in [7, 11) is 1.57. The largest absolute Gasteiger partial charge is 0.493 e. The molecule has 0 saturated heterocycles. The van der Waals surface area contributed by atoms with Crippen molar-refractivity contribution < 1.29 is 19.1 Å². The maximum atomic E-state index is 13.4. The zero-order valence-corrected chi connectivity index (χ0v) is 20.0. The molecule has 178 valence electrons. The van der Waals surface area contributed by atoms with E-state index in [1.807, 2.05) is 50.2 Å². The number of hydrogen-bond donors (Lipinski definition) is 1. The van der Waals surface area contributed by atoms with E-state index >= 15 is 0 Å². The van der Waals surface area contributed by atoms with Crippen LogP contribution < -0.4 is 14.8 Å². The molecule has 33 heavy (non-hydrogen) atoms. The Morgan fingerprint density at radius 3 is 2.33 bits per heavy atom. The Labute approximate surface area is 197 Å². The molecule has 1 fully saturated rings. The summed E-state index contributed by atoms with van der Waals surface area (Å²) in [6.07, 6.45) is 6.05. The summed E-state index contributed by atoms with van der Waals surface area (Å²) in [5.41, 5.74) is 2.13. The van der Waals surface area contributed by atoms with Gasteiger partial charge in [0.25, 0.3) is 5.91 Å². The summed E-state index contributed by atoms with van der Waals surface area (Å²) in [4.78, 5) is 28.3. The van der Waals surface area contributed by atoms with Gasteiger partial charge in [-0.15, -0.1) is 0 Å². The molecule has 1 N–H and O–H groups in total. The highest BCUT2D eigenvalue weighted by Crippen LogP contribution is 2.26. The van der Waals surface area contributed by atoms with E-state index in [4.69, 9.17) is 9.47 Å². The summed E-state index contributed by atoms with van der Waals surface area (Å²) in [5, 5.41) is 3.20. The first kappa shape index (κ1) is 24.6. The lowest BCUT2D eigenvalue weighted by Gasteiger charge is -2.32. The lowest BCUT2D eigenvalue weighted by atomic mass is 9.95. The Balaban J connectivity index is 1.76. The zero-order chi connectivity index (χ0) is 23.6. The van der Waals surface area contributed by atoms with Crippen molar-refractivity contribution >= 4 is 11.8 Å². The second-order valence-electron chi connectivity index (χ2n) is 8.71. The van der Waals surface area contributed by atoms with Gasteiger partial charge in [-0.3, -0.25) is 9.59 Å². The van der Waals surface area contributed by atoms with Gasteiger partial charge >= 0.3 is 0 Å². The monoisotopic (exact) mass is 452 g/mol. The number of methoxy groups -OCH3 is 1. The fraction of sp³-hybridized carbons (Fsp3) is 0.481. The van der Waals surface area contributed by atoms with Crippen LogP contribution in [0.5, 0.6) is 11.5 Å². The Morgan fingerprint density at radius 2 is 1.70 bits per heavy atom. The molecule has 0 aromatic heterocycles. The van der Waals surface area contributed by atoms with Crippen molar-refractivity contribution in [3.8, 4) is 11.5 Å². The number of rotatable bonds is 10. The van der Waals surface area contributed by atoms with Crippen LogP contribution in [-0.4, -0.2) is 42.5 Å². The van der Waals surface area contributed by atoms with Crippen molar-refractivity contribution in [2.45, 2.75) is 71.0 Å². The van der Waals surface area contributed by atoms with Crippen LogP contribution in [0.1, 0.15) is 56.6 Å². The highest BCUT2D eigenvalue weighted by atomic mass is 16.5. The molecule has 1 unspecified atom stereocenters. The first-order chi connectivity index (χ1) is 16.0. The van der Waals surface area contributed by atoms with Gasteiger partial charge in [-0.25, -0.2) is 0 Å². The van der Waals surface area contributed by atoms with Gasteiger partial charge in [-0.05, 0) is 43.9 Å². The summed E-state index contributed by atoms with van der Waals surface area (Å²) in [5.74, 6) is 0.759. The topological polar surface area (TPSA) is 67.9 Å². The molecule has 0 radical (unpaired) electrons. The molecule has 1 aliphatic rings. The van der Waals surface area contributed by atoms with Crippen molar-refractivity contribution in [1.29, 1.82) is 0 Å². The van der Waals surface area contributed by atoms with Gasteiger partial charge in [0.1, 0.15) is 6.04 Å². The summed E-state index contributed by atoms with van der Waals surface area (Å²) in [6, 6.07) is 14.9. The molecule has 2 aromatic carbocycles. The number of nitrogens with one attached hydrogen (secondary N) is 1. The molecule has 2 amide bonds. The summed E-state index contributed by atoms with van der Waals surface area (Å²) >= 11 is 0. The van der Waals surface area contributed by atoms with E-state index in [1.54, 1.807) is 24.1 Å². The van der Waals surface area contributed by atoms with Crippen LogP contribution in [0.2, 0.25) is 0 Å². The molecule has 6 heteroatoms. The number of carbonyl (C=O) groups is 2. The molecular weight excluding hydrogens is 416 g/mol. The van der Waals surface area contributed by atoms with Crippen LogP contribution in [0.4, 0.5) is 0 Å². The maximum absolute atomic E-state index is 13.4. The number of nitrogens with zero attached hydrogens (tertiary/aromatic N) is 1. The van der Waals surface area contributed by atoms with Crippen LogP contribution >= 0.6 is 0 Å². The highest BCUT2D eigenvalue weighted by Gasteiger charge is 2.30. The minimum atomic E-state index is -0.554. The molecule has 0 bridgehead atoms. The Morgan fingerprint density at radius 1 is 1.03 bits per heavy atom. The number of aryl methyl sites for hydroxylation is 1. The van der Waals surface area contributed by atoms with E-state index in [-0.39, 0.29) is 24.5 Å². The molecule has 0 heterocycles. The van der Waals surface area contributed by atoms with Gasteiger partial charge in [-0.1, -0.05) is 68.1 Å². The van der Waals surface area contributed by atoms with Crippen LogP contribution in [-0.2, 0) is 16.1 Å². The Hall–Kier alpha value is -3.02. The minimum Gasteiger partial charge on any atom is -0.493 e. The van der Waals surface area contributed by atoms with Crippen LogP contribution in [0, 0.1) is 6.92 Å². The third-order valence-electron chi connectivity index (χ3n) is 6.23. The van der Waals surface area contributed by atoms with E-state index in [2.05, 4.69) is 5.32 Å². The highest BCUT2D eigenvalue weighted by molar-refractivity contribution is 5.88. The van der Waals surface area contributed by atoms with Crippen molar-refractivity contribution in [2.24, 2.45) is 0 Å². The average molecular weight is 453 g/mol. The van der Waals surface area contributed by atoms with E-state index in [0.29, 0.717) is 24.5 Å². The van der Waals surface area contributed by atoms with Crippen molar-refractivity contribution in [3.05, 3.63) is 59.7 Å². The van der Waals surface area contributed by atoms with Crippen molar-refractivity contribution in [2.75, 3.05) is 13.7 Å². The molecule has 3 rings (SSSR count). The Kier molecular flexibility index (Phi) is 9.16. The molecule has 1 atom stereocenters. The molecule has 1 saturated carbocycles. The molecular formula is C27H36N2O4. The van der Waals surface area contributed by atoms with E-state index in [9.17, 15) is 9.59 Å². The molecule has 2 aromatic rings. The normalized spacial score (nSPS) is 14.9. The van der Waals surface area contributed by atoms with Crippen molar-refractivity contribution in [3.63, 3.8) is 0 Å². The lowest BCUT2D eigenvalue weighted by molar-refractivity contribution is -0.143. The van der Waals surface area contributed by atoms with Gasteiger partial charge in [-0.2, -0.15) is 0 Å². The SMILES string of the molecule is CCC(C(=O)NC1CCCCC1)N(Cc1ccc(C)cc1)C(=O)COc1ccccc1OC. The number of hydrogen-bond acceptors (Lipinski definition) is 4. The molecule has 1 aliphatic carbocycles. The number of benzene rings is 2. The predicted octanol–water partition coefficient (Wildman–Crippen LogP) is 4.64. The number of para-hydroxylation sites is 2. The van der Waals surface area contributed by atoms with Crippen LogP contribution in [0.25, 0.3) is 0 Å². The average Bonchev–Trinajstić information content (AvgIpc) is 2.84. The van der Waals surface area contributed by atoms with Crippen LogP contribution in [0.3, 0.4) is 0 Å². The lowest BCUT2D eigenvalue weighted by Crippen LogP contribution is -2.52. The molecule has 0 spiro atoms. The van der Waals surface area contributed by atoms with E-state index in [0.717, 1.165) is 36.8 Å². The van der Waals surface area contributed by atoms with E-state index in [1.165, 1.54) is 6.42 Å². The minimum absolute atomic E-state index is 0.0813. The first-order valence-corrected chi connectivity index (χ1v) is 11.9. The molecule has 0 aliphatic heterocycles. The summed E-state index contributed by atoms with van der Waals surface area (Å²) < 4.78 is 11.1. The third kappa shape index (κ3) is 6.98. The second kappa shape index (κ2) is 12.3. The van der Waals surface area contributed by atoms with Gasteiger partial charge in [0.05, 0.1) is 7.11 Å². The number of amides is 2. The van der Waals surface area contributed by atoms with E-state index < -0.39 is 6.04 Å². The van der Waals surface area contributed by atoms with Gasteiger partial charge in [0, 0.05) is 12.6 Å². The second-order valence-corrected chi connectivity index (χ2v) is 8.71. The summed E-state index contributed by atoms with van der Waals surface area (Å²) in [6.45, 7) is 4.16. The van der Waals surface area contributed by atoms with Crippen LogP contribution in [0.15, 0.2) is 48.5 Å². The fourth-order valence-corrected chi connectivity index (χ4v) is 4.31. The molecule has 6 nitrogen and oxygen atoms in total. The quantitative estimate of drug-likeness (QED) is 0.570. The zero-order valence-electron chi connectivity index (χ0n) is 20.0. The predicted molar refractivity (Wildman–Crippen MR) is 129 cm³/mol. The fourth-order valence-electron chi connectivity index (χ4n) is 4.31. The standard InChI is InChI=1S/C27H36N2O4/c1-4-23(27(31)28-22-10-6-5-7-11-22)29(18-21-16-14-20(2)15-17-21)26(30)19-33-25-13-9-8-12-24(25)32-3/h8-9,12-17,22-23H,4-7,10-11,18-19H2,1-3H3,(H,28,31).